The molecule has 0 aliphatic carbocycles. The molecular formula is C11H11ClF3N3OS. The summed E-state index contributed by atoms with van der Waals surface area (Å²) < 4.78 is 44.4. The summed E-state index contributed by atoms with van der Waals surface area (Å²) in [7, 11) is 1.59. The second kappa shape index (κ2) is 6.19. The minimum atomic E-state index is -4.46. The number of methoxy groups -OCH3 is 1. The molecule has 2 heterocycles. The highest BCUT2D eigenvalue weighted by atomic mass is 35.5. The van der Waals surface area contributed by atoms with Crippen LogP contribution in [0.2, 0.25) is 5.02 Å². The number of hydrogen-bond donors (Lipinski definition) is 0. The van der Waals surface area contributed by atoms with Gasteiger partial charge < -0.3 is 4.74 Å². The van der Waals surface area contributed by atoms with Gasteiger partial charge in [-0.15, -0.1) is 10.2 Å². The van der Waals surface area contributed by atoms with Crippen molar-refractivity contribution in [2.45, 2.75) is 17.8 Å². The topological polar surface area (TPSA) is 39.4 Å². The first-order chi connectivity index (χ1) is 9.43. The number of hydrogen-bond acceptors (Lipinski definition) is 4. The van der Waals surface area contributed by atoms with E-state index < -0.39 is 11.7 Å². The maximum Gasteiger partial charge on any atom is 0.417 e. The molecule has 0 aliphatic heterocycles. The Morgan fingerprint density at radius 2 is 2.15 bits per heavy atom. The molecular weight excluding hydrogens is 315 g/mol. The molecule has 0 bridgehead atoms. The average molecular weight is 326 g/mol. The van der Waals surface area contributed by atoms with Gasteiger partial charge in [-0.2, -0.15) is 13.2 Å². The highest BCUT2D eigenvalue weighted by molar-refractivity contribution is 7.99. The first kappa shape index (κ1) is 15.4. The monoisotopic (exact) mass is 325 g/mol. The van der Waals surface area contributed by atoms with Gasteiger partial charge in [0.15, 0.2) is 10.8 Å². The van der Waals surface area contributed by atoms with Crippen molar-refractivity contribution in [2.75, 3.05) is 19.5 Å². The van der Waals surface area contributed by atoms with Crippen LogP contribution in [0.25, 0.3) is 5.65 Å². The number of halogens is 4. The molecule has 2 aromatic rings. The fourth-order valence-electron chi connectivity index (χ4n) is 1.55. The Labute approximate surface area is 122 Å². The molecule has 2 aromatic heterocycles. The smallest absolute Gasteiger partial charge is 0.385 e. The lowest BCUT2D eigenvalue weighted by molar-refractivity contribution is -0.137. The van der Waals surface area contributed by atoms with E-state index in [2.05, 4.69) is 10.2 Å². The molecule has 0 N–H and O–H groups in total. The third-order valence-corrected chi connectivity index (χ3v) is 3.79. The maximum absolute atomic E-state index is 12.8. The molecule has 0 aliphatic rings. The van der Waals surface area contributed by atoms with Crippen LogP contribution < -0.4 is 0 Å². The van der Waals surface area contributed by atoms with E-state index in [1.54, 1.807) is 7.11 Å². The Morgan fingerprint density at radius 1 is 1.40 bits per heavy atom. The minimum absolute atomic E-state index is 0.0731. The van der Waals surface area contributed by atoms with Crippen molar-refractivity contribution < 1.29 is 17.9 Å². The normalized spacial score (nSPS) is 12.2. The number of aromatic nitrogens is 3. The Bertz CT molecular complexity index is 602. The quantitative estimate of drug-likeness (QED) is 0.623. The van der Waals surface area contributed by atoms with Gasteiger partial charge in [0.25, 0.3) is 0 Å². The van der Waals surface area contributed by atoms with Crippen LogP contribution in [0.15, 0.2) is 17.4 Å². The van der Waals surface area contributed by atoms with Gasteiger partial charge in [-0.25, -0.2) is 0 Å². The maximum atomic E-state index is 12.8. The van der Waals surface area contributed by atoms with Crippen molar-refractivity contribution in [3.63, 3.8) is 0 Å². The van der Waals surface area contributed by atoms with Crippen LogP contribution in [-0.2, 0) is 10.9 Å². The van der Waals surface area contributed by atoms with Crippen LogP contribution in [0.4, 0.5) is 13.2 Å². The van der Waals surface area contributed by atoms with Gasteiger partial charge >= 0.3 is 6.18 Å². The number of alkyl halides is 3. The number of fused-ring (bicyclic) bond motifs is 1. The lowest BCUT2D eigenvalue weighted by Crippen LogP contribution is -2.07. The van der Waals surface area contributed by atoms with Crippen LogP contribution >= 0.6 is 23.4 Å². The van der Waals surface area contributed by atoms with E-state index in [0.717, 1.165) is 18.7 Å². The molecule has 110 valence electrons. The van der Waals surface area contributed by atoms with E-state index in [1.165, 1.54) is 16.2 Å². The third-order valence-electron chi connectivity index (χ3n) is 2.48. The first-order valence-corrected chi connectivity index (χ1v) is 7.03. The molecule has 9 heteroatoms. The lowest BCUT2D eigenvalue weighted by Gasteiger charge is -2.08. The molecule has 0 unspecified atom stereocenters. The van der Waals surface area contributed by atoms with Gasteiger partial charge in [-0.1, -0.05) is 23.4 Å². The van der Waals surface area contributed by atoms with E-state index in [0.29, 0.717) is 17.5 Å². The second-order valence-corrected chi connectivity index (χ2v) is 5.41. The number of thioether (sulfide) groups is 1. The molecule has 0 aromatic carbocycles. The Balaban J connectivity index is 2.30. The van der Waals surface area contributed by atoms with Gasteiger partial charge in [0, 0.05) is 25.7 Å². The molecule has 0 spiro atoms. The average Bonchev–Trinajstić information content (AvgIpc) is 2.77. The van der Waals surface area contributed by atoms with Crippen molar-refractivity contribution in [1.29, 1.82) is 0 Å². The summed E-state index contributed by atoms with van der Waals surface area (Å²) in [6, 6.07) is 0.852. The number of nitrogens with zero attached hydrogens (tertiary/aromatic N) is 3. The largest absolute Gasteiger partial charge is 0.417 e. The minimum Gasteiger partial charge on any atom is -0.385 e. The van der Waals surface area contributed by atoms with E-state index in [9.17, 15) is 13.2 Å². The summed E-state index contributed by atoms with van der Waals surface area (Å²) in [6.45, 7) is 0.582. The fraction of sp³-hybridized carbons (Fsp3) is 0.455. The van der Waals surface area contributed by atoms with Crippen molar-refractivity contribution in [1.82, 2.24) is 14.6 Å². The van der Waals surface area contributed by atoms with Crippen molar-refractivity contribution in [3.05, 3.63) is 22.8 Å². The molecule has 0 radical (unpaired) electrons. The summed E-state index contributed by atoms with van der Waals surface area (Å²) in [6.07, 6.45) is -2.73. The van der Waals surface area contributed by atoms with Crippen LogP contribution in [-0.4, -0.2) is 34.1 Å². The first-order valence-electron chi connectivity index (χ1n) is 5.66. The van der Waals surface area contributed by atoms with Crippen LogP contribution in [0, 0.1) is 0 Å². The zero-order valence-corrected chi connectivity index (χ0v) is 12.0. The van der Waals surface area contributed by atoms with E-state index in [4.69, 9.17) is 16.3 Å². The SMILES string of the molecule is COCCCSc1nnc2c(Cl)cc(C(F)(F)F)cn12. The van der Waals surface area contributed by atoms with Crippen LogP contribution in [0.5, 0.6) is 0 Å². The Hall–Kier alpha value is -0.990. The molecule has 2 rings (SSSR count). The molecule has 0 atom stereocenters. The van der Waals surface area contributed by atoms with Crippen LogP contribution in [0.3, 0.4) is 0 Å². The van der Waals surface area contributed by atoms with E-state index in [-0.39, 0.29) is 10.7 Å². The summed E-state index contributed by atoms with van der Waals surface area (Å²) in [5.41, 5.74) is -0.609. The van der Waals surface area contributed by atoms with E-state index in [1.807, 2.05) is 0 Å². The summed E-state index contributed by atoms with van der Waals surface area (Å²) >= 11 is 7.12. The molecule has 20 heavy (non-hydrogen) atoms. The van der Waals surface area contributed by atoms with Gasteiger partial charge in [0.05, 0.1) is 10.6 Å². The molecule has 0 fully saturated rings. The van der Waals surface area contributed by atoms with Gasteiger partial charge in [-0.3, -0.25) is 4.40 Å². The Kier molecular flexibility index (Phi) is 4.77. The molecule has 0 saturated heterocycles. The predicted molar refractivity (Wildman–Crippen MR) is 70.2 cm³/mol. The van der Waals surface area contributed by atoms with Gasteiger partial charge in [0.1, 0.15) is 0 Å². The van der Waals surface area contributed by atoms with E-state index >= 15 is 0 Å². The summed E-state index contributed by atoms with van der Waals surface area (Å²) in [5.74, 6) is 0.669. The van der Waals surface area contributed by atoms with Gasteiger partial charge in [0.2, 0.25) is 0 Å². The fourth-order valence-corrected chi connectivity index (χ4v) is 2.62. The highest BCUT2D eigenvalue weighted by Gasteiger charge is 2.32. The molecule has 0 saturated carbocycles. The number of rotatable bonds is 5. The summed E-state index contributed by atoms with van der Waals surface area (Å²) in [4.78, 5) is 0. The van der Waals surface area contributed by atoms with Crippen molar-refractivity contribution in [2.24, 2.45) is 0 Å². The van der Waals surface area contributed by atoms with Gasteiger partial charge in [-0.05, 0) is 12.5 Å². The number of pyridine rings is 1. The zero-order chi connectivity index (χ0) is 14.8. The van der Waals surface area contributed by atoms with Crippen LogP contribution in [0.1, 0.15) is 12.0 Å². The molecule has 0 amide bonds. The summed E-state index contributed by atoms with van der Waals surface area (Å²) in [5, 5.41) is 7.97. The zero-order valence-electron chi connectivity index (χ0n) is 10.4. The lowest BCUT2D eigenvalue weighted by atomic mass is 10.3. The predicted octanol–water partition coefficient (Wildman–Crippen LogP) is 3.53. The van der Waals surface area contributed by atoms with Crippen molar-refractivity contribution >= 4 is 29.0 Å². The Morgan fingerprint density at radius 3 is 2.80 bits per heavy atom. The van der Waals surface area contributed by atoms with Crippen molar-refractivity contribution in [3.8, 4) is 0 Å². The second-order valence-electron chi connectivity index (χ2n) is 3.95. The molecule has 4 nitrogen and oxygen atoms in total. The third kappa shape index (κ3) is 3.36. The standard InChI is InChI=1S/C11H11ClF3N3OS/c1-19-3-2-4-20-10-17-16-9-8(12)5-7(6-18(9)10)11(13,14)15/h5-6H,2-4H2,1H3. The highest BCUT2D eigenvalue weighted by Crippen LogP contribution is 2.33. The number of ether oxygens (including phenoxy) is 1.